The van der Waals surface area contributed by atoms with E-state index >= 15 is 0 Å². The summed E-state index contributed by atoms with van der Waals surface area (Å²) in [6, 6.07) is -6.34. The van der Waals surface area contributed by atoms with Gasteiger partial charge in [-0.1, -0.05) is 6.42 Å². The van der Waals surface area contributed by atoms with Gasteiger partial charge in [-0.3, -0.25) is 24.0 Å². The maximum Gasteiger partial charge on any atom is 0.326 e. The van der Waals surface area contributed by atoms with Crippen LogP contribution in [0.2, 0.25) is 0 Å². The average molecular weight is 787 g/mol. The van der Waals surface area contributed by atoms with E-state index < -0.39 is 71.8 Å². The maximum absolute atomic E-state index is 13.9. The first-order chi connectivity index (χ1) is 26.4. The first kappa shape index (κ1) is 51.5. The Labute approximate surface area is 326 Å². The number of rotatable bonds is 35. The lowest BCUT2D eigenvalue weighted by atomic mass is 10.0. The summed E-state index contributed by atoms with van der Waals surface area (Å²) in [7, 11) is 0. The Bertz CT molecular complexity index is 1100. The Kier molecular flexibility index (Phi) is 30.7. The molecule has 0 radical (unpaired) electrons. The van der Waals surface area contributed by atoms with Crippen molar-refractivity contribution < 1.29 is 33.9 Å². The number of carboxylic acids is 1. The second-order valence-corrected chi connectivity index (χ2v) is 14.0. The monoisotopic (exact) mass is 787 g/mol. The normalized spacial score (nSPS) is 14.5. The van der Waals surface area contributed by atoms with Gasteiger partial charge < -0.3 is 71.8 Å². The summed E-state index contributed by atoms with van der Waals surface area (Å²) in [6.45, 7) is 2.30. The third kappa shape index (κ3) is 23.9. The molecule has 0 heterocycles. The number of carbonyl (C=O) groups is 6. The number of hydrogen-bond donors (Lipinski definition) is 13. The van der Waals surface area contributed by atoms with E-state index in [0.29, 0.717) is 123 Å². The molecule has 5 amide bonds. The molecule has 0 rings (SSSR count). The molecule has 0 aromatic rings. The zero-order valence-electron chi connectivity index (χ0n) is 32.9. The van der Waals surface area contributed by atoms with E-state index in [1.807, 2.05) is 0 Å². The first-order valence-electron chi connectivity index (χ1n) is 20.1. The molecule has 19 nitrogen and oxygen atoms in total. The van der Waals surface area contributed by atoms with Crippen LogP contribution in [-0.4, -0.2) is 116 Å². The molecular weight excluding hydrogens is 712 g/mol. The fraction of sp³-hybridized carbons (Fsp3) is 0.833. The minimum absolute atomic E-state index is 0.163. The Balaban J connectivity index is 6.22. The predicted molar refractivity (Wildman–Crippen MR) is 213 cm³/mol. The van der Waals surface area contributed by atoms with Crippen LogP contribution in [-0.2, 0) is 28.8 Å². The summed E-state index contributed by atoms with van der Waals surface area (Å²) < 4.78 is 0. The van der Waals surface area contributed by atoms with Crippen LogP contribution in [0.15, 0.2) is 0 Å². The zero-order chi connectivity index (χ0) is 41.4. The second-order valence-electron chi connectivity index (χ2n) is 14.0. The topological polar surface area (TPSA) is 365 Å². The molecule has 0 unspecified atom stereocenters. The molecule has 0 aliphatic rings. The van der Waals surface area contributed by atoms with E-state index in [-0.39, 0.29) is 32.1 Å². The number of carboxylic acid groups (broad SMARTS) is 1. The molecule has 0 bridgehead atoms. The fourth-order valence-electron chi connectivity index (χ4n) is 5.80. The summed E-state index contributed by atoms with van der Waals surface area (Å²) in [5.41, 5.74) is 39.9. The number of nitrogens with one attached hydrogen (secondary N) is 5. The van der Waals surface area contributed by atoms with Crippen molar-refractivity contribution in [2.24, 2.45) is 40.1 Å². The minimum Gasteiger partial charge on any atom is -0.480 e. The van der Waals surface area contributed by atoms with Crippen molar-refractivity contribution in [1.82, 2.24) is 26.6 Å². The van der Waals surface area contributed by atoms with Crippen LogP contribution in [0.25, 0.3) is 0 Å². The van der Waals surface area contributed by atoms with E-state index in [2.05, 4.69) is 26.6 Å². The lowest BCUT2D eigenvalue weighted by Gasteiger charge is -2.27. The molecule has 0 aliphatic heterocycles. The van der Waals surface area contributed by atoms with Crippen molar-refractivity contribution in [3.63, 3.8) is 0 Å². The second kappa shape index (κ2) is 32.8. The molecule has 0 saturated carbocycles. The van der Waals surface area contributed by atoms with Gasteiger partial charge in [0.1, 0.15) is 30.2 Å². The smallest absolute Gasteiger partial charge is 0.326 e. The van der Waals surface area contributed by atoms with Gasteiger partial charge in [0.05, 0.1) is 6.04 Å². The molecule has 6 atom stereocenters. The number of nitrogens with two attached hydrogens (primary N) is 7. The highest BCUT2D eigenvalue weighted by Crippen LogP contribution is 2.11. The Morgan fingerprint density at radius 2 is 0.564 bits per heavy atom. The summed E-state index contributed by atoms with van der Waals surface area (Å²) in [5, 5.41) is 23.2. The van der Waals surface area contributed by atoms with Crippen molar-refractivity contribution in [3.05, 3.63) is 0 Å². The third-order valence-corrected chi connectivity index (χ3v) is 9.19. The number of unbranched alkanes of at least 4 members (excludes halogenated alkanes) is 6. The lowest BCUT2D eigenvalue weighted by molar-refractivity contribution is -0.142. The molecule has 55 heavy (non-hydrogen) atoms. The molecule has 0 aliphatic carbocycles. The Hall–Kier alpha value is -3.46. The van der Waals surface area contributed by atoms with Crippen molar-refractivity contribution >= 4 is 35.5 Å². The van der Waals surface area contributed by atoms with Crippen molar-refractivity contribution in [2.75, 3.05) is 39.3 Å². The average Bonchev–Trinajstić information content (AvgIpc) is 3.15. The van der Waals surface area contributed by atoms with Crippen LogP contribution in [0.4, 0.5) is 0 Å². The molecule has 320 valence electrons. The van der Waals surface area contributed by atoms with Gasteiger partial charge in [-0.2, -0.15) is 0 Å². The van der Waals surface area contributed by atoms with E-state index in [4.69, 9.17) is 40.1 Å². The third-order valence-electron chi connectivity index (χ3n) is 9.19. The fourth-order valence-corrected chi connectivity index (χ4v) is 5.80. The van der Waals surface area contributed by atoms with Gasteiger partial charge in [-0.25, -0.2) is 4.79 Å². The van der Waals surface area contributed by atoms with Gasteiger partial charge in [0, 0.05) is 0 Å². The summed E-state index contributed by atoms with van der Waals surface area (Å²) in [5.74, 6) is -4.27. The van der Waals surface area contributed by atoms with Crippen LogP contribution in [0.5, 0.6) is 0 Å². The summed E-state index contributed by atoms with van der Waals surface area (Å²) in [4.78, 5) is 79.6. The van der Waals surface area contributed by atoms with Gasteiger partial charge in [-0.15, -0.1) is 0 Å². The molecule has 0 aromatic heterocycles. The highest BCUT2D eigenvalue weighted by molar-refractivity contribution is 5.96. The van der Waals surface area contributed by atoms with Gasteiger partial charge in [0.15, 0.2) is 0 Å². The number of amides is 5. The molecule has 0 saturated heterocycles. The summed E-state index contributed by atoms with van der Waals surface area (Å²) >= 11 is 0. The number of aliphatic carboxylic acids is 1. The predicted octanol–water partition coefficient (Wildman–Crippen LogP) is -2.40. The van der Waals surface area contributed by atoms with E-state index in [0.717, 1.165) is 0 Å². The van der Waals surface area contributed by atoms with Gasteiger partial charge in [0.2, 0.25) is 29.5 Å². The maximum atomic E-state index is 13.9. The molecule has 0 fully saturated rings. The number of hydrogen-bond acceptors (Lipinski definition) is 13. The van der Waals surface area contributed by atoms with Crippen LogP contribution >= 0.6 is 0 Å². The summed E-state index contributed by atoms with van der Waals surface area (Å²) in [6.07, 6.45) is 8.03. The van der Waals surface area contributed by atoms with Crippen molar-refractivity contribution in [3.8, 4) is 0 Å². The Morgan fingerprint density at radius 3 is 0.818 bits per heavy atom. The standard InChI is InChI=1S/C36H74N12O7/c37-19-7-1-13-25(43)31(49)44-26(14-2-8-20-38)32(50)45-27(15-3-9-21-39)33(51)46-28(16-4-10-22-40)34(52)47-29(17-5-11-23-41)35(53)48-30(36(54)55)18-6-12-24-42/h25-30H,1-24,37-43H2,(H,44,49)(H,45,50)(H,46,51)(H,47,52)(H,48,53)(H,54,55)/t25-,26-,27-,28-,29-,30-/m0/s1. The van der Waals surface area contributed by atoms with Gasteiger partial charge in [-0.05, 0) is 148 Å². The van der Waals surface area contributed by atoms with Crippen LogP contribution in [0.3, 0.4) is 0 Å². The van der Waals surface area contributed by atoms with Gasteiger partial charge in [0.25, 0.3) is 0 Å². The van der Waals surface area contributed by atoms with Crippen LogP contribution in [0.1, 0.15) is 116 Å². The highest BCUT2D eigenvalue weighted by atomic mass is 16.4. The Morgan fingerprint density at radius 1 is 0.345 bits per heavy atom. The minimum atomic E-state index is -1.21. The number of carbonyl (C=O) groups excluding carboxylic acids is 5. The largest absolute Gasteiger partial charge is 0.480 e. The molecule has 20 N–H and O–H groups in total. The van der Waals surface area contributed by atoms with Crippen molar-refractivity contribution in [1.29, 1.82) is 0 Å². The van der Waals surface area contributed by atoms with Crippen LogP contribution in [0, 0.1) is 0 Å². The molecule has 0 aromatic carbocycles. The lowest BCUT2D eigenvalue weighted by Crippen LogP contribution is -2.59. The van der Waals surface area contributed by atoms with Crippen LogP contribution < -0.4 is 66.7 Å². The SMILES string of the molecule is NCCCC[C@H](NC(=O)[C@H](CCCCN)NC(=O)[C@H](CCCCN)NC(=O)[C@H](CCCCN)NC(=O)[C@H](CCCCN)NC(=O)[C@@H](N)CCCCN)C(=O)O. The molecule has 0 spiro atoms. The first-order valence-corrected chi connectivity index (χ1v) is 20.1. The molecular formula is C36H74N12O7. The molecule has 19 heteroatoms. The zero-order valence-corrected chi connectivity index (χ0v) is 32.9. The van der Waals surface area contributed by atoms with E-state index in [1.165, 1.54) is 0 Å². The van der Waals surface area contributed by atoms with E-state index in [1.54, 1.807) is 0 Å². The van der Waals surface area contributed by atoms with Crippen molar-refractivity contribution in [2.45, 2.75) is 152 Å². The highest BCUT2D eigenvalue weighted by Gasteiger charge is 2.32. The quantitative estimate of drug-likeness (QED) is 0.0298. The van der Waals surface area contributed by atoms with E-state index in [9.17, 15) is 33.9 Å². The van der Waals surface area contributed by atoms with Gasteiger partial charge >= 0.3 is 5.97 Å².